The highest BCUT2D eigenvalue weighted by atomic mass is 35.7. The number of halogens is 15. The smallest absolute Gasteiger partial charge is 0.431 e. The zero-order valence-corrected chi connectivity index (χ0v) is 24.9. The Morgan fingerprint density at radius 3 is 1.15 bits per heavy atom. The van der Waals surface area contributed by atoms with Crippen LogP contribution in [0, 0.1) is 0 Å². The lowest BCUT2D eigenvalue weighted by Gasteiger charge is -2.29. The molecule has 2 rings (SSSR count). The van der Waals surface area contributed by atoms with Crippen molar-refractivity contribution in [3.8, 4) is 11.5 Å². The maximum Gasteiger partial charge on any atom is 0.431 e. The largest absolute Gasteiger partial charge is 0.508 e. The topological polar surface area (TPSA) is 147 Å². The van der Waals surface area contributed by atoms with E-state index in [1.165, 1.54) is 0 Å². The van der Waals surface area contributed by atoms with Crippen molar-refractivity contribution in [2.24, 2.45) is 0 Å². The molecule has 0 heterocycles. The van der Waals surface area contributed by atoms with Crippen molar-refractivity contribution in [2.45, 2.75) is 48.9 Å². The molecular formula is C22H21ClF14N2O6S2. The maximum absolute atomic E-state index is 13.4. The van der Waals surface area contributed by atoms with Crippen LogP contribution in [0.1, 0.15) is 12.8 Å². The Hall–Kier alpha value is -3.15. The fourth-order valence-corrected chi connectivity index (χ4v) is 4.56. The number of nitrogens with two attached hydrogens (primary N) is 1. The Morgan fingerprint density at radius 1 is 0.574 bits per heavy atom. The van der Waals surface area contributed by atoms with Gasteiger partial charge in [0.1, 0.15) is 11.5 Å². The molecule has 2 aromatic carbocycles. The Bertz CT molecular complexity index is 1450. The monoisotopic (exact) mass is 774 g/mol. The first-order valence-electron chi connectivity index (χ1n) is 11.6. The van der Waals surface area contributed by atoms with E-state index in [0.717, 1.165) is 24.3 Å². The molecule has 25 heteroatoms. The van der Waals surface area contributed by atoms with Gasteiger partial charge in [-0.3, -0.25) is 4.72 Å². The predicted octanol–water partition coefficient (Wildman–Crippen LogP) is 7.11. The minimum absolute atomic E-state index is 0.216. The van der Waals surface area contributed by atoms with E-state index >= 15 is 0 Å². The number of phenolic OH excluding ortho intramolecular Hbond substituents is 2. The van der Waals surface area contributed by atoms with Gasteiger partial charge in [-0.25, -0.2) is 25.6 Å². The number of alkyl halides is 14. The molecule has 0 fully saturated rings. The van der Waals surface area contributed by atoms with Crippen molar-refractivity contribution in [1.82, 2.24) is 0 Å². The first-order chi connectivity index (χ1) is 20.7. The van der Waals surface area contributed by atoms with E-state index in [0.29, 0.717) is 5.69 Å². The first-order valence-corrected chi connectivity index (χ1v) is 15.7. The fourth-order valence-electron chi connectivity index (χ4n) is 2.66. The third kappa shape index (κ3) is 13.9. The van der Waals surface area contributed by atoms with Gasteiger partial charge in [-0.1, -0.05) is 0 Å². The second-order valence-electron chi connectivity index (χ2n) is 8.90. The van der Waals surface area contributed by atoms with Crippen LogP contribution in [0.4, 0.5) is 72.8 Å². The minimum Gasteiger partial charge on any atom is -0.508 e. The summed E-state index contributed by atoms with van der Waals surface area (Å²) in [4.78, 5) is 0. The standard InChI is InChI=1S/C11H10F7NO3S.C6H7NO.C5H4ClF7O2S/c12-9(10(13,14)15,11(16,17)18)5-6-23(21,22)19-7-1-3-8(20)4-2-7;7-5-1-3-6(8)4-2-5;6-16(14,15)2-1-3(7,4(8,9)10)5(11,12)13/h1-4,19-20H,5-6H2;1-4,8H,7H2;1-2H2. The number of phenols is 2. The van der Waals surface area contributed by atoms with Crippen molar-refractivity contribution in [1.29, 1.82) is 0 Å². The molecule has 0 radical (unpaired) electrons. The molecule has 0 saturated carbocycles. The van der Waals surface area contributed by atoms with E-state index in [9.17, 15) is 78.3 Å². The van der Waals surface area contributed by atoms with Crippen LogP contribution in [-0.4, -0.2) is 74.6 Å². The van der Waals surface area contributed by atoms with Crippen LogP contribution < -0.4 is 10.5 Å². The van der Waals surface area contributed by atoms with Gasteiger partial charge in [-0.15, -0.1) is 0 Å². The summed E-state index contributed by atoms with van der Waals surface area (Å²) in [6.07, 6.45) is -29.8. The maximum atomic E-state index is 13.4. The molecule has 0 bridgehead atoms. The minimum atomic E-state index is -6.31. The summed E-state index contributed by atoms with van der Waals surface area (Å²) in [6, 6.07) is 10.5. The van der Waals surface area contributed by atoms with E-state index in [4.69, 9.17) is 15.9 Å². The molecule has 0 amide bonds. The van der Waals surface area contributed by atoms with E-state index < -0.39 is 79.5 Å². The van der Waals surface area contributed by atoms with Crippen LogP contribution >= 0.6 is 10.7 Å². The van der Waals surface area contributed by atoms with Crippen molar-refractivity contribution in [3.05, 3.63) is 48.5 Å². The second kappa shape index (κ2) is 15.4. The van der Waals surface area contributed by atoms with Crippen molar-refractivity contribution in [2.75, 3.05) is 22.0 Å². The summed E-state index contributed by atoms with van der Waals surface area (Å²) >= 11 is 0. The number of benzene rings is 2. The highest BCUT2D eigenvalue weighted by Gasteiger charge is 2.73. The molecule has 272 valence electrons. The summed E-state index contributed by atoms with van der Waals surface area (Å²) in [6.45, 7) is 0. The van der Waals surface area contributed by atoms with Gasteiger partial charge in [-0.05, 0) is 48.5 Å². The van der Waals surface area contributed by atoms with Gasteiger partial charge >= 0.3 is 24.7 Å². The van der Waals surface area contributed by atoms with E-state index in [1.807, 2.05) is 0 Å². The number of anilines is 2. The molecule has 0 unspecified atom stereocenters. The van der Waals surface area contributed by atoms with Crippen molar-refractivity contribution < 1.29 is 88.5 Å². The normalized spacial score (nSPS) is 13.5. The number of sulfonamides is 1. The molecule has 47 heavy (non-hydrogen) atoms. The Labute approximate surface area is 260 Å². The van der Waals surface area contributed by atoms with Crippen molar-refractivity contribution in [3.63, 3.8) is 0 Å². The van der Waals surface area contributed by atoms with E-state index in [-0.39, 0.29) is 17.2 Å². The molecule has 0 aliphatic carbocycles. The van der Waals surface area contributed by atoms with Crippen molar-refractivity contribution >= 4 is 41.1 Å². The highest BCUT2D eigenvalue weighted by Crippen LogP contribution is 2.49. The van der Waals surface area contributed by atoms with Crippen LogP contribution in [0.25, 0.3) is 0 Å². The SMILES string of the molecule is Nc1ccc(O)cc1.O=S(=O)(CCC(F)(C(F)(F)F)C(F)(F)F)Nc1ccc(O)cc1.O=S(=O)(Cl)CCC(F)(C(F)(F)F)C(F)(F)F. The van der Waals surface area contributed by atoms with Crippen LogP contribution in [0.3, 0.4) is 0 Å². The second-order valence-corrected chi connectivity index (χ2v) is 13.6. The molecule has 0 aliphatic heterocycles. The van der Waals surface area contributed by atoms with Crippen LogP contribution in [0.2, 0.25) is 0 Å². The van der Waals surface area contributed by atoms with Gasteiger partial charge in [0.15, 0.2) is 0 Å². The lowest BCUT2D eigenvalue weighted by molar-refractivity contribution is -0.342. The Morgan fingerprint density at radius 2 is 0.872 bits per heavy atom. The number of aromatic hydroxyl groups is 2. The highest BCUT2D eigenvalue weighted by molar-refractivity contribution is 8.13. The zero-order chi connectivity index (χ0) is 37.5. The number of nitrogen functional groups attached to an aromatic ring is 1. The quantitative estimate of drug-likeness (QED) is 0.0968. The van der Waals surface area contributed by atoms with Gasteiger partial charge in [0.2, 0.25) is 19.1 Å². The lowest BCUT2D eigenvalue weighted by Crippen LogP contribution is -2.54. The average molecular weight is 775 g/mol. The Balaban J connectivity index is 0.000000758. The molecule has 0 aromatic heterocycles. The zero-order valence-electron chi connectivity index (χ0n) is 22.5. The summed E-state index contributed by atoms with van der Waals surface area (Å²) in [5.41, 5.74) is -5.45. The molecule has 2 aromatic rings. The summed E-state index contributed by atoms with van der Waals surface area (Å²) < 4.78 is 216. The van der Waals surface area contributed by atoms with Gasteiger partial charge in [0.25, 0.3) is 11.3 Å². The Kier molecular flexibility index (Phi) is 14.4. The molecule has 5 N–H and O–H groups in total. The van der Waals surface area contributed by atoms with Gasteiger partial charge in [0.05, 0.1) is 11.5 Å². The van der Waals surface area contributed by atoms with Gasteiger partial charge < -0.3 is 15.9 Å². The molecular weight excluding hydrogens is 754 g/mol. The van der Waals surface area contributed by atoms with E-state index in [2.05, 4.69) is 10.7 Å². The summed E-state index contributed by atoms with van der Waals surface area (Å²) in [7, 11) is -4.91. The molecule has 0 aliphatic rings. The molecule has 8 nitrogen and oxygen atoms in total. The lowest BCUT2D eigenvalue weighted by atomic mass is 10.0. The fraction of sp³-hybridized carbons (Fsp3) is 0.455. The van der Waals surface area contributed by atoms with Crippen LogP contribution in [0.15, 0.2) is 48.5 Å². The molecule has 0 spiro atoms. The number of rotatable bonds is 8. The third-order valence-corrected chi connectivity index (χ3v) is 7.68. The molecule has 0 atom stereocenters. The number of nitrogens with one attached hydrogen (secondary N) is 1. The summed E-state index contributed by atoms with van der Waals surface area (Å²) in [5, 5.41) is 17.7. The predicted molar refractivity (Wildman–Crippen MR) is 139 cm³/mol. The van der Waals surface area contributed by atoms with E-state index in [1.54, 1.807) is 29.0 Å². The third-order valence-electron chi connectivity index (χ3n) is 5.24. The number of hydrogen-bond donors (Lipinski definition) is 4. The average Bonchev–Trinajstić information content (AvgIpc) is 2.86. The summed E-state index contributed by atoms with van der Waals surface area (Å²) in [5.74, 6) is -3.52. The molecule has 0 saturated heterocycles. The van der Waals surface area contributed by atoms with Crippen LogP contribution in [0.5, 0.6) is 11.5 Å². The van der Waals surface area contributed by atoms with Gasteiger partial charge in [0, 0.05) is 34.9 Å². The first kappa shape index (κ1) is 43.9. The van der Waals surface area contributed by atoms with Crippen LogP contribution in [-0.2, 0) is 19.1 Å². The number of hydrogen-bond acceptors (Lipinski definition) is 7. The van der Waals surface area contributed by atoms with Gasteiger partial charge in [-0.2, -0.15) is 52.7 Å².